The van der Waals surface area contributed by atoms with E-state index in [0.717, 1.165) is 18.3 Å². The summed E-state index contributed by atoms with van der Waals surface area (Å²) in [5, 5.41) is 2.23. The Kier molecular flexibility index (Phi) is 6.87. The zero-order chi connectivity index (χ0) is 24.4. The summed E-state index contributed by atoms with van der Waals surface area (Å²) in [5.41, 5.74) is 4.53. The highest BCUT2D eigenvalue weighted by Crippen LogP contribution is 2.35. The molecule has 0 bridgehead atoms. The standard InChI is InChI=1S/C22H20ClF2N3O5/c1-4-32-22(31)13-8-28(17-7-16(26)14(24)5-11(17)9-33-10(2)29)20-12(21(13)30)6-15(25)19(27-3)18(20)23/h5-8,27H,4,9,26H2,1-3H3. The second kappa shape index (κ2) is 9.45. The van der Waals surface area contributed by atoms with Crippen LogP contribution in [0.3, 0.4) is 0 Å². The van der Waals surface area contributed by atoms with E-state index in [1.807, 2.05) is 0 Å². The van der Waals surface area contributed by atoms with E-state index in [2.05, 4.69) is 5.32 Å². The maximum absolute atomic E-state index is 14.6. The molecule has 1 aromatic heterocycles. The molecule has 174 valence electrons. The van der Waals surface area contributed by atoms with Gasteiger partial charge < -0.3 is 25.1 Å². The normalized spacial score (nSPS) is 10.8. The SMILES string of the molecule is CCOC(=O)c1cn(-c2cc(N)c(F)cc2COC(C)=O)c2c(Cl)c(NC)c(F)cc2c1=O. The molecule has 0 spiro atoms. The number of carbonyl (C=O) groups is 2. The summed E-state index contributed by atoms with van der Waals surface area (Å²) in [7, 11) is 1.44. The van der Waals surface area contributed by atoms with Crippen molar-refractivity contribution in [3.63, 3.8) is 0 Å². The zero-order valence-electron chi connectivity index (χ0n) is 17.9. The number of rotatable bonds is 6. The fourth-order valence-corrected chi connectivity index (χ4v) is 3.70. The van der Waals surface area contributed by atoms with E-state index in [9.17, 15) is 23.2 Å². The molecule has 0 saturated heterocycles. The summed E-state index contributed by atoms with van der Waals surface area (Å²) in [6.07, 6.45) is 1.15. The molecule has 0 amide bonds. The number of pyridine rings is 1. The van der Waals surface area contributed by atoms with Crippen LogP contribution < -0.4 is 16.5 Å². The van der Waals surface area contributed by atoms with E-state index in [1.165, 1.54) is 24.6 Å². The Morgan fingerprint density at radius 1 is 1.18 bits per heavy atom. The van der Waals surface area contributed by atoms with Crippen molar-refractivity contribution in [1.29, 1.82) is 0 Å². The maximum atomic E-state index is 14.6. The van der Waals surface area contributed by atoms with E-state index < -0.39 is 34.6 Å². The predicted molar refractivity (Wildman–Crippen MR) is 120 cm³/mol. The molecule has 33 heavy (non-hydrogen) atoms. The lowest BCUT2D eigenvalue weighted by Gasteiger charge is -2.20. The molecule has 0 unspecified atom stereocenters. The number of hydrogen-bond acceptors (Lipinski definition) is 7. The van der Waals surface area contributed by atoms with Crippen molar-refractivity contribution in [3.8, 4) is 5.69 Å². The van der Waals surface area contributed by atoms with Crippen LogP contribution in [0, 0.1) is 11.6 Å². The average Bonchev–Trinajstić information content (AvgIpc) is 2.75. The first-order valence-electron chi connectivity index (χ1n) is 9.74. The Morgan fingerprint density at radius 2 is 1.88 bits per heavy atom. The molecule has 1 heterocycles. The maximum Gasteiger partial charge on any atom is 0.343 e. The number of nitrogens with one attached hydrogen (secondary N) is 1. The minimum absolute atomic E-state index is 0.00861. The van der Waals surface area contributed by atoms with Gasteiger partial charge in [-0.2, -0.15) is 0 Å². The average molecular weight is 480 g/mol. The molecule has 11 heteroatoms. The highest BCUT2D eigenvalue weighted by Gasteiger charge is 2.24. The van der Waals surface area contributed by atoms with Crippen LogP contribution >= 0.6 is 11.6 Å². The molecule has 8 nitrogen and oxygen atoms in total. The fourth-order valence-electron chi connectivity index (χ4n) is 3.33. The van der Waals surface area contributed by atoms with Crippen LogP contribution in [0.2, 0.25) is 5.02 Å². The first-order valence-corrected chi connectivity index (χ1v) is 10.1. The van der Waals surface area contributed by atoms with E-state index in [0.29, 0.717) is 0 Å². The summed E-state index contributed by atoms with van der Waals surface area (Å²) in [5.74, 6) is -3.15. The topological polar surface area (TPSA) is 113 Å². The minimum atomic E-state index is -0.941. The third-order valence-corrected chi connectivity index (χ3v) is 5.18. The first-order chi connectivity index (χ1) is 15.6. The van der Waals surface area contributed by atoms with Crippen molar-refractivity contribution in [1.82, 2.24) is 4.57 Å². The smallest absolute Gasteiger partial charge is 0.343 e. The molecule has 2 aromatic carbocycles. The number of ether oxygens (including phenoxy) is 2. The molecule has 0 aliphatic carbocycles. The number of nitrogens with two attached hydrogens (primary N) is 1. The molecule has 0 fully saturated rings. The fraction of sp³-hybridized carbons (Fsp3) is 0.227. The molecule has 3 rings (SSSR count). The largest absolute Gasteiger partial charge is 0.462 e. The van der Waals surface area contributed by atoms with Crippen molar-refractivity contribution < 1.29 is 27.8 Å². The molecule has 0 saturated carbocycles. The molecular weight excluding hydrogens is 460 g/mol. The number of esters is 2. The number of anilines is 2. The van der Waals surface area contributed by atoms with Gasteiger partial charge in [-0.1, -0.05) is 11.6 Å². The lowest BCUT2D eigenvalue weighted by molar-refractivity contribution is -0.142. The van der Waals surface area contributed by atoms with Crippen LogP contribution in [0.15, 0.2) is 29.2 Å². The van der Waals surface area contributed by atoms with E-state index >= 15 is 0 Å². The molecule has 0 atom stereocenters. The number of carbonyl (C=O) groups excluding carboxylic acids is 2. The number of halogens is 3. The molecular formula is C22H20ClF2N3O5. The van der Waals surface area contributed by atoms with Crippen LogP contribution in [0.5, 0.6) is 0 Å². The first kappa shape index (κ1) is 24.0. The Bertz CT molecular complexity index is 1340. The van der Waals surface area contributed by atoms with E-state index in [-0.39, 0.29) is 51.8 Å². The summed E-state index contributed by atoms with van der Waals surface area (Å²) >= 11 is 6.45. The van der Waals surface area contributed by atoms with Crippen LogP contribution in [0.4, 0.5) is 20.2 Å². The van der Waals surface area contributed by atoms with Crippen molar-refractivity contribution >= 4 is 45.8 Å². The van der Waals surface area contributed by atoms with Gasteiger partial charge >= 0.3 is 11.9 Å². The van der Waals surface area contributed by atoms with Gasteiger partial charge in [-0.05, 0) is 25.1 Å². The third kappa shape index (κ3) is 4.47. The van der Waals surface area contributed by atoms with Gasteiger partial charge in [0.15, 0.2) is 0 Å². The summed E-state index contributed by atoms with van der Waals surface area (Å²) in [6.45, 7) is 2.39. The van der Waals surface area contributed by atoms with Crippen LogP contribution in [-0.4, -0.2) is 30.2 Å². The van der Waals surface area contributed by atoms with Crippen LogP contribution in [0.1, 0.15) is 29.8 Å². The number of aromatic nitrogens is 1. The summed E-state index contributed by atoms with van der Waals surface area (Å²) in [4.78, 5) is 36.9. The van der Waals surface area contributed by atoms with Crippen molar-refractivity contribution in [2.24, 2.45) is 0 Å². The summed E-state index contributed by atoms with van der Waals surface area (Å²) < 4.78 is 40.2. The lowest BCUT2D eigenvalue weighted by atomic mass is 10.1. The van der Waals surface area contributed by atoms with Gasteiger partial charge in [-0.3, -0.25) is 9.59 Å². The van der Waals surface area contributed by atoms with Gasteiger partial charge in [0, 0.05) is 25.7 Å². The van der Waals surface area contributed by atoms with Gasteiger partial charge in [0.2, 0.25) is 5.43 Å². The zero-order valence-corrected chi connectivity index (χ0v) is 18.7. The second-order valence-electron chi connectivity index (χ2n) is 6.94. The number of fused-ring (bicyclic) bond motifs is 1. The Balaban J connectivity index is 2.49. The van der Waals surface area contributed by atoms with E-state index in [4.69, 9.17) is 26.8 Å². The molecule has 0 aliphatic heterocycles. The number of benzene rings is 2. The number of nitrogens with zero attached hydrogens (tertiary/aromatic N) is 1. The van der Waals surface area contributed by atoms with Crippen LogP contribution in [-0.2, 0) is 20.9 Å². The quantitative estimate of drug-likeness (QED) is 0.408. The Hall–Kier alpha value is -3.66. The highest BCUT2D eigenvalue weighted by molar-refractivity contribution is 6.38. The minimum Gasteiger partial charge on any atom is -0.462 e. The van der Waals surface area contributed by atoms with Crippen molar-refractivity contribution in [2.75, 3.05) is 24.7 Å². The van der Waals surface area contributed by atoms with Gasteiger partial charge in [0.25, 0.3) is 0 Å². The lowest BCUT2D eigenvalue weighted by Crippen LogP contribution is -2.22. The number of nitrogen functional groups attached to an aromatic ring is 1. The van der Waals surface area contributed by atoms with Crippen molar-refractivity contribution in [3.05, 3.63) is 62.4 Å². The number of hydrogen-bond donors (Lipinski definition) is 2. The van der Waals surface area contributed by atoms with Gasteiger partial charge in [0.05, 0.1) is 39.6 Å². The molecule has 0 radical (unpaired) electrons. The van der Waals surface area contributed by atoms with Crippen molar-refractivity contribution in [2.45, 2.75) is 20.5 Å². The second-order valence-corrected chi connectivity index (χ2v) is 7.32. The van der Waals surface area contributed by atoms with Gasteiger partial charge in [0.1, 0.15) is 23.8 Å². The molecule has 3 N–H and O–H groups in total. The summed E-state index contributed by atoms with van der Waals surface area (Å²) in [6, 6.07) is 3.22. The third-order valence-electron chi connectivity index (χ3n) is 4.81. The van der Waals surface area contributed by atoms with E-state index in [1.54, 1.807) is 6.92 Å². The Labute approximate surface area is 191 Å². The highest BCUT2D eigenvalue weighted by atomic mass is 35.5. The monoisotopic (exact) mass is 479 g/mol. The molecule has 0 aliphatic rings. The van der Waals surface area contributed by atoms with Crippen LogP contribution in [0.25, 0.3) is 16.6 Å². The van der Waals surface area contributed by atoms with Gasteiger partial charge in [-0.25, -0.2) is 13.6 Å². The van der Waals surface area contributed by atoms with Gasteiger partial charge in [-0.15, -0.1) is 0 Å². The predicted octanol–water partition coefficient (Wildman–Crippen LogP) is 3.79. The molecule has 3 aromatic rings. The Morgan fingerprint density at radius 3 is 2.48 bits per heavy atom.